The molecule has 1 fully saturated rings. The fourth-order valence-corrected chi connectivity index (χ4v) is 3.94. The Hall–Kier alpha value is -1.79. The van der Waals surface area contributed by atoms with Crippen LogP contribution in [0, 0.1) is 5.41 Å². The standard InChI is InChI=1S/C17H22N4OS/c18-12-17(7-3-1-4-8-17)10-15(22)21-16-20-14(11-23-16)13-6-2-5-9-19-13/h2,5-6,9,11H,1,3-4,7-8,10,12,18H2,(H,20,21,22). The van der Waals surface area contributed by atoms with Crippen molar-refractivity contribution in [2.75, 3.05) is 11.9 Å². The normalized spacial score (nSPS) is 16.9. The van der Waals surface area contributed by atoms with Gasteiger partial charge in [0.25, 0.3) is 0 Å². The minimum Gasteiger partial charge on any atom is -0.330 e. The molecule has 0 aliphatic heterocycles. The molecule has 1 aliphatic rings. The molecule has 2 aromatic rings. The summed E-state index contributed by atoms with van der Waals surface area (Å²) < 4.78 is 0. The summed E-state index contributed by atoms with van der Waals surface area (Å²) >= 11 is 1.43. The summed E-state index contributed by atoms with van der Waals surface area (Å²) in [6, 6.07) is 5.70. The van der Waals surface area contributed by atoms with Gasteiger partial charge in [0.2, 0.25) is 5.91 Å². The minimum absolute atomic E-state index is 0.0132. The fraction of sp³-hybridized carbons (Fsp3) is 0.471. The van der Waals surface area contributed by atoms with Gasteiger partial charge in [-0.05, 0) is 36.9 Å². The van der Waals surface area contributed by atoms with Crippen LogP contribution in [-0.2, 0) is 4.79 Å². The van der Waals surface area contributed by atoms with E-state index >= 15 is 0 Å². The second-order valence-electron chi connectivity index (χ2n) is 6.24. The van der Waals surface area contributed by atoms with Gasteiger partial charge in [-0.25, -0.2) is 4.98 Å². The van der Waals surface area contributed by atoms with Crippen molar-refractivity contribution in [1.29, 1.82) is 0 Å². The van der Waals surface area contributed by atoms with Gasteiger partial charge in [0.05, 0.1) is 5.69 Å². The number of hydrogen-bond donors (Lipinski definition) is 2. The van der Waals surface area contributed by atoms with Crippen molar-refractivity contribution in [3.05, 3.63) is 29.8 Å². The van der Waals surface area contributed by atoms with Crippen LogP contribution in [0.5, 0.6) is 0 Å². The van der Waals surface area contributed by atoms with Gasteiger partial charge in [-0.15, -0.1) is 11.3 Å². The number of nitrogens with one attached hydrogen (secondary N) is 1. The topological polar surface area (TPSA) is 80.9 Å². The molecule has 3 N–H and O–H groups in total. The Kier molecular flexibility index (Phi) is 5.03. The number of anilines is 1. The molecule has 0 bridgehead atoms. The van der Waals surface area contributed by atoms with E-state index < -0.39 is 0 Å². The highest BCUT2D eigenvalue weighted by molar-refractivity contribution is 7.14. The summed E-state index contributed by atoms with van der Waals surface area (Å²) in [5.41, 5.74) is 7.54. The Balaban J connectivity index is 1.63. The predicted octanol–water partition coefficient (Wildman–Crippen LogP) is 3.44. The Labute approximate surface area is 140 Å². The lowest BCUT2D eigenvalue weighted by molar-refractivity contribution is -0.118. The van der Waals surface area contributed by atoms with Crippen molar-refractivity contribution in [3.63, 3.8) is 0 Å². The van der Waals surface area contributed by atoms with Crippen LogP contribution in [-0.4, -0.2) is 22.4 Å². The van der Waals surface area contributed by atoms with Crippen LogP contribution in [0.25, 0.3) is 11.4 Å². The molecule has 3 rings (SSSR count). The van der Waals surface area contributed by atoms with Crippen molar-refractivity contribution < 1.29 is 4.79 Å². The Morgan fingerprint density at radius 2 is 2.09 bits per heavy atom. The van der Waals surface area contributed by atoms with Crippen molar-refractivity contribution in [1.82, 2.24) is 9.97 Å². The first-order valence-electron chi connectivity index (χ1n) is 8.08. The highest BCUT2D eigenvalue weighted by Crippen LogP contribution is 2.38. The number of hydrogen-bond acceptors (Lipinski definition) is 5. The largest absolute Gasteiger partial charge is 0.330 e. The first-order valence-corrected chi connectivity index (χ1v) is 8.96. The quantitative estimate of drug-likeness (QED) is 0.880. The smallest absolute Gasteiger partial charge is 0.226 e. The number of carbonyl (C=O) groups excluding carboxylic acids is 1. The van der Waals surface area contributed by atoms with Crippen molar-refractivity contribution in [3.8, 4) is 11.4 Å². The third-order valence-electron chi connectivity index (χ3n) is 4.56. The van der Waals surface area contributed by atoms with E-state index in [4.69, 9.17) is 5.73 Å². The zero-order valence-corrected chi connectivity index (χ0v) is 13.9. The maximum absolute atomic E-state index is 12.4. The first-order chi connectivity index (χ1) is 11.2. The third-order valence-corrected chi connectivity index (χ3v) is 5.32. The number of carbonyl (C=O) groups is 1. The summed E-state index contributed by atoms with van der Waals surface area (Å²) in [6.07, 6.45) is 7.92. The van der Waals surface area contributed by atoms with Gasteiger partial charge < -0.3 is 11.1 Å². The number of rotatable bonds is 5. The molecular weight excluding hydrogens is 308 g/mol. The lowest BCUT2D eigenvalue weighted by Gasteiger charge is -2.35. The molecular formula is C17H22N4OS. The van der Waals surface area contributed by atoms with Gasteiger partial charge in [0.15, 0.2) is 5.13 Å². The summed E-state index contributed by atoms with van der Waals surface area (Å²) in [6.45, 7) is 0.581. The molecule has 1 saturated carbocycles. The van der Waals surface area contributed by atoms with Crippen molar-refractivity contribution >= 4 is 22.4 Å². The monoisotopic (exact) mass is 330 g/mol. The molecule has 1 amide bonds. The molecule has 6 heteroatoms. The summed E-state index contributed by atoms with van der Waals surface area (Å²) in [5, 5.41) is 5.46. The molecule has 2 aromatic heterocycles. The highest BCUT2D eigenvalue weighted by atomic mass is 32.1. The summed E-state index contributed by atoms with van der Waals surface area (Å²) in [4.78, 5) is 21.1. The van der Waals surface area contributed by atoms with Crippen LogP contribution >= 0.6 is 11.3 Å². The summed E-state index contributed by atoms with van der Waals surface area (Å²) in [5.74, 6) is 0.0132. The van der Waals surface area contributed by atoms with Crippen molar-refractivity contribution in [2.45, 2.75) is 38.5 Å². The third kappa shape index (κ3) is 3.95. The van der Waals surface area contributed by atoms with Gasteiger partial charge in [0.1, 0.15) is 5.69 Å². The van der Waals surface area contributed by atoms with Gasteiger partial charge >= 0.3 is 0 Å². The molecule has 23 heavy (non-hydrogen) atoms. The second kappa shape index (κ2) is 7.19. The van der Waals surface area contributed by atoms with E-state index in [1.807, 2.05) is 23.6 Å². The number of nitrogens with two attached hydrogens (primary N) is 1. The highest BCUT2D eigenvalue weighted by Gasteiger charge is 2.33. The fourth-order valence-electron chi connectivity index (χ4n) is 3.22. The summed E-state index contributed by atoms with van der Waals surface area (Å²) in [7, 11) is 0. The molecule has 1 aliphatic carbocycles. The maximum Gasteiger partial charge on any atom is 0.226 e. The lowest BCUT2D eigenvalue weighted by Crippen LogP contribution is -2.36. The van der Waals surface area contributed by atoms with E-state index in [0.717, 1.165) is 24.2 Å². The van der Waals surface area contributed by atoms with Crippen LogP contribution in [0.3, 0.4) is 0 Å². The van der Waals surface area contributed by atoms with Crippen molar-refractivity contribution in [2.24, 2.45) is 11.1 Å². The van der Waals surface area contributed by atoms with E-state index in [9.17, 15) is 4.79 Å². The molecule has 5 nitrogen and oxygen atoms in total. The van der Waals surface area contributed by atoms with E-state index in [-0.39, 0.29) is 11.3 Å². The number of thiazole rings is 1. The van der Waals surface area contributed by atoms with E-state index in [0.29, 0.717) is 18.1 Å². The molecule has 0 spiro atoms. The predicted molar refractivity (Wildman–Crippen MR) is 93.2 cm³/mol. The minimum atomic E-state index is -0.0244. The van der Waals surface area contributed by atoms with Crippen LogP contribution in [0.1, 0.15) is 38.5 Å². The maximum atomic E-state index is 12.4. The first kappa shape index (κ1) is 16.1. The van der Waals surface area contributed by atoms with Gasteiger partial charge in [-0.2, -0.15) is 0 Å². The second-order valence-corrected chi connectivity index (χ2v) is 7.10. The molecule has 0 radical (unpaired) electrons. The van der Waals surface area contributed by atoms with Gasteiger partial charge in [0, 0.05) is 18.0 Å². The zero-order valence-electron chi connectivity index (χ0n) is 13.1. The zero-order chi connectivity index (χ0) is 16.1. The van der Waals surface area contributed by atoms with Gasteiger partial charge in [-0.3, -0.25) is 9.78 Å². The van der Waals surface area contributed by atoms with Crippen LogP contribution < -0.4 is 11.1 Å². The Morgan fingerprint density at radius 3 is 2.78 bits per heavy atom. The van der Waals surface area contributed by atoms with E-state index in [1.54, 1.807) is 6.20 Å². The lowest BCUT2D eigenvalue weighted by atomic mass is 9.72. The number of nitrogens with zero attached hydrogens (tertiary/aromatic N) is 2. The average Bonchev–Trinajstić information content (AvgIpc) is 3.05. The molecule has 0 atom stereocenters. The molecule has 0 aromatic carbocycles. The molecule has 122 valence electrons. The van der Waals surface area contributed by atoms with E-state index in [1.165, 1.54) is 30.6 Å². The molecule has 2 heterocycles. The Morgan fingerprint density at radius 1 is 1.26 bits per heavy atom. The average molecular weight is 330 g/mol. The van der Waals surface area contributed by atoms with Crippen LogP contribution in [0.15, 0.2) is 29.8 Å². The van der Waals surface area contributed by atoms with Gasteiger partial charge in [-0.1, -0.05) is 25.3 Å². The van der Waals surface area contributed by atoms with E-state index in [2.05, 4.69) is 15.3 Å². The van der Waals surface area contributed by atoms with Crippen LogP contribution in [0.2, 0.25) is 0 Å². The van der Waals surface area contributed by atoms with Crippen LogP contribution in [0.4, 0.5) is 5.13 Å². The molecule has 0 unspecified atom stereocenters. The Bertz CT molecular complexity index is 650. The SMILES string of the molecule is NCC1(CC(=O)Nc2nc(-c3ccccn3)cs2)CCCCC1. The molecule has 0 saturated heterocycles. The number of pyridine rings is 1. The number of amides is 1. The number of aromatic nitrogens is 2.